The average molecular weight is 274 g/mol. The third kappa shape index (κ3) is 1.61. The Kier molecular flexibility index (Phi) is 2.65. The monoisotopic (exact) mass is 274 g/mol. The van der Waals surface area contributed by atoms with Gasteiger partial charge in [-0.25, -0.2) is 0 Å². The van der Waals surface area contributed by atoms with E-state index in [-0.39, 0.29) is 5.78 Å². The molecule has 1 spiro atoms. The second-order valence-corrected chi connectivity index (χ2v) is 6.15. The van der Waals surface area contributed by atoms with Crippen molar-refractivity contribution in [2.24, 2.45) is 0 Å². The molecule has 2 aromatic rings. The Bertz CT molecular complexity index is 706. The summed E-state index contributed by atoms with van der Waals surface area (Å²) in [6.45, 7) is 4.01. The fraction of sp³-hybridized carbons (Fsp3) is 0.250. The van der Waals surface area contributed by atoms with Gasteiger partial charge < -0.3 is 0 Å². The predicted octanol–water partition coefficient (Wildman–Crippen LogP) is 3.99. The first kappa shape index (κ1) is 12.6. The van der Waals surface area contributed by atoms with Crippen LogP contribution in [0, 0.1) is 0 Å². The minimum absolute atomic E-state index is 0.226. The van der Waals surface area contributed by atoms with Crippen LogP contribution in [0.4, 0.5) is 0 Å². The number of aryl methyl sites for hydroxylation is 2. The first-order valence-corrected chi connectivity index (χ1v) is 7.63. The molecule has 0 aliphatic heterocycles. The molecule has 0 radical (unpaired) electrons. The van der Waals surface area contributed by atoms with Gasteiger partial charge in [0, 0.05) is 0 Å². The highest BCUT2D eigenvalue weighted by Crippen LogP contribution is 2.49. The molecule has 2 aliphatic carbocycles. The second kappa shape index (κ2) is 4.42. The maximum atomic E-state index is 13.1. The molecule has 0 aromatic heterocycles. The molecule has 1 saturated carbocycles. The largest absolute Gasteiger partial charge is 0.293 e. The summed E-state index contributed by atoms with van der Waals surface area (Å²) in [6.07, 6.45) is 3.68. The molecule has 4 rings (SSSR count). The second-order valence-electron chi connectivity index (χ2n) is 6.15. The van der Waals surface area contributed by atoms with E-state index in [1.807, 2.05) is 0 Å². The quantitative estimate of drug-likeness (QED) is 0.664. The Labute approximate surface area is 125 Å². The Morgan fingerprint density at radius 1 is 0.810 bits per heavy atom. The van der Waals surface area contributed by atoms with Crippen LogP contribution in [0.15, 0.2) is 60.7 Å². The standard InChI is InChI=1S/C20H18O/c1-14-12-13-20(19(14)21)17-8-4-2-6-15(17)10-11-16-7-3-5-9-18(16)20/h2-9H,1,10-13H2. The zero-order valence-corrected chi connectivity index (χ0v) is 12.1. The van der Waals surface area contributed by atoms with E-state index >= 15 is 0 Å². The number of allylic oxidation sites excluding steroid dienone is 1. The lowest BCUT2D eigenvalue weighted by Crippen LogP contribution is -2.33. The van der Waals surface area contributed by atoms with Crippen molar-refractivity contribution in [2.45, 2.75) is 31.1 Å². The number of Topliss-reactive ketones (excluding diaryl/α,β-unsaturated/α-hetero) is 1. The molecule has 1 fully saturated rings. The van der Waals surface area contributed by atoms with Crippen LogP contribution in [0.1, 0.15) is 35.1 Å². The Morgan fingerprint density at radius 3 is 1.81 bits per heavy atom. The number of hydrogen-bond acceptors (Lipinski definition) is 1. The van der Waals surface area contributed by atoms with Gasteiger partial charge in [-0.2, -0.15) is 0 Å². The summed E-state index contributed by atoms with van der Waals surface area (Å²) in [6, 6.07) is 16.9. The fourth-order valence-electron chi connectivity index (χ4n) is 4.10. The van der Waals surface area contributed by atoms with Gasteiger partial charge in [-0.3, -0.25) is 4.79 Å². The molecule has 0 saturated heterocycles. The van der Waals surface area contributed by atoms with Crippen molar-refractivity contribution in [1.82, 2.24) is 0 Å². The molecule has 0 heterocycles. The number of carbonyl (C=O) groups excluding carboxylic acids is 1. The number of hydrogen-bond donors (Lipinski definition) is 0. The van der Waals surface area contributed by atoms with E-state index < -0.39 is 5.41 Å². The lowest BCUT2D eigenvalue weighted by atomic mass is 9.70. The topological polar surface area (TPSA) is 17.1 Å². The van der Waals surface area contributed by atoms with E-state index in [9.17, 15) is 4.79 Å². The average Bonchev–Trinajstić information content (AvgIpc) is 2.75. The minimum Gasteiger partial charge on any atom is -0.293 e. The molecular formula is C20H18O. The van der Waals surface area contributed by atoms with E-state index in [4.69, 9.17) is 0 Å². The summed E-state index contributed by atoms with van der Waals surface area (Å²) in [4.78, 5) is 13.1. The van der Waals surface area contributed by atoms with Crippen molar-refractivity contribution in [2.75, 3.05) is 0 Å². The number of fused-ring (bicyclic) bond motifs is 4. The van der Waals surface area contributed by atoms with Crippen molar-refractivity contribution in [3.8, 4) is 0 Å². The van der Waals surface area contributed by atoms with Gasteiger partial charge >= 0.3 is 0 Å². The van der Waals surface area contributed by atoms with Crippen LogP contribution in [0.25, 0.3) is 0 Å². The summed E-state index contributed by atoms with van der Waals surface area (Å²) in [7, 11) is 0. The highest BCUT2D eigenvalue weighted by molar-refractivity contribution is 6.08. The van der Waals surface area contributed by atoms with E-state index in [2.05, 4.69) is 55.1 Å². The molecule has 2 aromatic carbocycles. The maximum absolute atomic E-state index is 13.1. The molecule has 2 aliphatic rings. The molecule has 0 amide bonds. The molecule has 21 heavy (non-hydrogen) atoms. The van der Waals surface area contributed by atoms with Crippen LogP contribution in [0.3, 0.4) is 0 Å². The normalized spacial score (nSPS) is 19.2. The lowest BCUT2D eigenvalue weighted by Gasteiger charge is -2.30. The zero-order valence-electron chi connectivity index (χ0n) is 12.1. The lowest BCUT2D eigenvalue weighted by molar-refractivity contribution is -0.118. The van der Waals surface area contributed by atoms with Crippen LogP contribution >= 0.6 is 0 Å². The van der Waals surface area contributed by atoms with Crippen molar-refractivity contribution in [3.05, 3.63) is 82.9 Å². The molecule has 1 heteroatoms. The van der Waals surface area contributed by atoms with Crippen molar-refractivity contribution in [3.63, 3.8) is 0 Å². The van der Waals surface area contributed by atoms with Gasteiger partial charge in [0.05, 0.1) is 5.41 Å². The first-order chi connectivity index (χ1) is 10.2. The highest BCUT2D eigenvalue weighted by Gasteiger charge is 2.49. The number of rotatable bonds is 0. The number of ketones is 1. The van der Waals surface area contributed by atoms with Crippen molar-refractivity contribution < 1.29 is 4.79 Å². The van der Waals surface area contributed by atoms with Gasteiger partial charge in [0.25, 0.3) is 0 Å². The molecule has 1 nitrogen and oxygen atoms in total. The SMILES string of the molecule is C=C1CCC2(C1=O)c1ccccc1CCc1ccccc12. The van der Waals surface area contributed by atoms with Gasteiger partial charge in [0.2, 0.25) is 0 Å². The molecule has 104 valence electrons. The van der Waals surface area contributed by atoms with Gasteiger partial charge in [-0.05, 0) is 53.5 Å². The van der Waals surface area contributed by atoms with Gasteiger partial charge in [-0.1, -0.05) is 55.1 Å². The smallest absolute Gasteiger partial charge is 0.173 e. The van der Waals surface area contributed by atoms with Crippen LogP contribution in [0.2, 0.25) is 0 Å². The van der Waals surface area contributed by atoms with Gasteiger partial charge in [0.1, 0.15) is 0 Å². The molecule has 0 unspecified atom stereocenters. The van der Waals surface area contributed by atoms with Crippen molar-refractivity contribution in [1.29, 1.82) is 0 Å². The Balaban J connectivity index is 2.08. The van der Waals surface area contributed by atoms with Crippen molar-refractivity contribution >= 4 is 5.78 Å². The third-order valence-corrected chi connectivity index (χ3v) is 5.13. The minimum atomic E-state index is -0.485. The van der Waals surface area contributed by atoms with E-state index in [1.54, 1.807) is 0 Å². The molecule has 0 atom stereocenters. The Hall–Kier alpha value is -2.15. The summed E-state index contributed by atoms with van der Waals surface area (Å²) in [5.74, 6) is 0.226. The molecular weight excluding hydrogens is 256 g/mol. The predicted molar refractivity (Wildman–Crippen MR) is 84.5 cm³/mol. The van der Waals surface area contributed by atoms with Crippen LogP contribution in [-0.2, 0) is 23.1 Å². The van der Waals surface area contributed by atoms with E-state index in [0.29, 0.717) is 0 Å². The third-order valence-electron chi connectivity index (χ3n) is 5.13. The first-order valence-electron chi connectivity index (χ1n) is 7.63. The summed E-state index contributed by atoms with van der Waals surface area (Å²) >= 11 is 0. The highest BCUT2D eigenvalue weighted by atomic mass is 16.1. The fourth-order valence-corrected chi connectivity index (χ4v) is 4.10. The summed E-state index contributed by atoms with van der Waals surface area (Å²) in [5, 5.41) is 0. The molecule has 0 bridgehead atoms. The van der Waals surface area contributed by atoms with Crippen LogP contribution < -0.4 is 0 Å². The summed E-state index contributed by atoms with van der Waals surface area (Å²) in [5.41, 5.74) is 5.34. The number of benzene rings is 2. The van der Waals surface area contributed by atoms with Gasteiger partial charge in [-0.15, -0.1) is 0 Å². The summed E-state index contributed by atoms with van der Waals surface area (Å²) < 4.78 is 0. The Morgan fingerprint density at radius 2 is 1.33 bits per heavy atom. The molecule has 0 N–H and O–H groups in total. The van der Waals surface area contributed by atoms with E-state index in [1.165, 1.54) is 22.3 Å². The van der Waals surface area contributed by atoms with Crippen LogP contribution in [-0.4, -0.2) is 5.78 Å². The maximum Gasteiger partial charge on any atom is 0.173 e. The van der Waals surface area contributed by atoms with E-state index in [0.717, 1.165) is 31.3 Å². The number of carbonyl (C=O) groups is 1. The van der Waals surface area contributed by atoms with Crippen LogP contribution in [0.5, 0.6) is 0 Å². The zero-order chi connectivity index (χ0) is 14.4. The van der Waals surface area contributed by atoms with Gasteiger partial charge in [0.15, 0.2) is 5.78 Å².